The first-order chi connectivity index (χ1) is 14.0. The maximum atomic E-state index is 12.2. The van der Waals surface area contributed by atoms with Crippen LogP contribution in [0.3, 0.4) is 0 Å². The predicted octanol–water partition coefficient (Wildman–Crippen LogP) is 3.34. The van der Waals surface area contributed by atoms with E-state index in [1.807, 2.05) is 13.8 Å². The molecule has 2 aromatic carbocycles. The van der Waals surface area contributed by atoms with E-state index in [2.05, 4.69) is 15.8 Å². The van der Waals surface area contributed by atoms with Gasteiger partial charge in [0.2, 0.25) is 0 Å². The van der Waals surface area contributed by atoms with Crippen molar-refractivity contribution in [1.82, 2.24) is 10.3 Å². The zero-order valence-electron chi connectivity index (χ0n) is 17.1. The zero-order valence-corrected chi connectivity index (χ0v) is 17.1. The molecule has 0 aliphatic heterocycles. The van der Waals surface area contributed by atoms with Gasteiger partial charge in [-0.05, 0) is 61.9 Å². The molecule has 0 aromatic heterocycles. The van der Waals surface area contributed by atoms with Gasteiger partial charge in [-0.1, -0.05) is 0 Å². The number of carbonyl (C=O) groups is 2. The number of nitrogens with zero attached hydrogens (tertiary/aromatic N) is 2. The minimum atomic E-state index is -0.358. The first-order valence-corrected chi connectivity index (χ1v) is 9.23. The molecule has 0 unspecified atom stereocenters. The summed E-state index contributed by atoms with van der Waals surface area (Å²) < 4.78 is 10.4. The maximum Gasteiger partial charge on any atom is 0.321 e. The van der Waals surface area contributed by atoms with E-state index in [0.717, 1.165) is 5.56 Å². The van der Waals surface area contributed by atoms with Crippen molar-refractivity contribution in [1.29, 1.82) is 0 Å². The lowest BCUT2D eigenvalue weighted by Gasteiger charge is -2.19. The molecule has 0 saturated heterocycles. The third kappa shape index (κ3) is 5.97. The lowest BCUT2D eigenvalue weighted by atomic mass is 10.2. The molecule has 0 aliphatic carbocycles. The number of amides is 3. The van der Waals surface area contributed by atoms with Crippen LogP contribution in [-0.2, 0) is 0 Å². The molecule has 3 amide bonds. The van der Waals surface area contributed by atoms with Crippen LogP contribution < -0.4 is 20.2 Å². The average molecular weight is 398 g/mol. The molecule has 29 heavy (non-hydrogen) atoms. The van der Waals surface area contributed by atoms with Gasteiger partial charge in [-0.15, -0.1) is 0 Å². The van der Waals surface area contributed by atoms with Gasteiger partial charge in [-0.2, -0.15) is 5.10 Å². The monoisotopic (exact) mass is 398 g/mol. The van der Waals surface area contributed by atoms with Gasteiger partial charge in [0.25, 0.3) is 5.91 Å². The first kappa shape index (κ1) is 21.7. The lowest BCUT2D eigenvalue weighted by molar-refractivity contribution is 0.0955. The second-order valence-electron chi connectivity index (χ2n) is 5.99. The molecule has 0 saturated carbocycles. The molecule has 8 heteroatoms. The van der Waals surface area contributed by atoms with E-state index in [4.69, 9.17) is 9.47 Å². The maximum absolute atomic E-state index is 12.2. The fraction of sp³-hybridized carbons (Fsp3) is 0.286. The molecular formula is C21H26N4O4. The Bertz CT molecular complexity index is 861. The second-order valence-corrected chi connectivity index (χ2v) is 5.99. The van der Waals surface area contributed by atoms with Crippen LogP contribution in [0.2, 0.25) is 0 Å². The quantitative estimate of drug-likeness (QED) is 0.527. The number of hydrazone groups is 1. The number of anilines is 1. The van der Waals surface area contributed by atoms with Crippen LogP contribution in [0.1, 0.15) is 29.8 Å². The Morgan fingerprint density at radius 2 is 1.66 bits per heavy atom. The van der Waals surface area contributed by atoms with Gasteiger partial charge >= 0.3 is 6.03 Å². The third-order valence-electron chi connectivity index (χ3n) is 4.24. The molecule has 0 atom stereocenters. The van der Waals surface area contributed by atoms with E-state index in [9.17, 15) is 9.59 Å². The number of carbonyl (C=O) groups excluding carboxylic acids is 2. The largest absolute Gasteiger partial charge is 0.493 e. The van der Waals surface area contributed by atoms with Gasteiger partial charge in [-0.3, -0.25) is 4.79 Å². The van der Waals surface area contributed by atoms with Crippen LogP contribution in [0.5, 0.6) is 11.5 Å². The summed E-state index contributed by atoms with van der Waals surface area (Å²) in [5.74, 6) is 0.829. The summed E-state index contributed by atoms with van der Waals surface area (Å²) in [4.78, 5) is 26.0. The van der Waals surface area contributed by atoms with E-state index in [1.54, 1.807) is 61.6 Å². The van der Waals surface area contributed by atoms with Gasteiger partial charge in [0.1, 0.15) is 0 Å². The second kappa shape index (κ2) is 10.7. The zero-order chi connectivity index (χ0) is 21.2. The fourth-order valence-corrected chi connectivity index (χ4v) is 2.58. The van der Waals surface area contributed by atoms with Crippen LogP contribution in [0.25, 0.3) is 0 Å². The standard InChI is InChI=1S/C21H26N4O4/c1-5-25(6-2)21(27)23-17-10-8-16(9-11-17)20(26)24-22-14-15-7-12-18(28-3)19(13-15)29-4/h7-14H,5-6H2,1-4H3,(H,23,27)(H,24,26)/b22-14-. The summed E-state index contributed by atoms with van der Waals surface area (Å²) >= 11 is 0. The summed E-state index contributed by atoms with van der Waals surface area (Å²) in [6.07, 6.45) is 1.51. The van der Waals surface area contributed by atoms with Crippen molar-refractivity contribution in [3.63, 3.8) is 0 Å². The van der Waals surface area contributed by atoms with Gasteiger partial charge in [-0.25, -0.2) is 10.2 Å². The van der Waals surface area contributed by atoms with Gasteiger partial charge in [0, 0.05) is 24.3 Å². The summed E-state index contributed by atoms with van der Waals surface area (Å²) in [5.41, 5.74) is 4.26. The normalized spacial score (nSPS) is 10.5. The third-order valence-corrected chi connectivity index (χ3v) is 4.24. The summed E-state index contributed by atoms with van der Waals surface area (Å²) in [6.45, 7) is 5.08. The van der Waals surface area contributed by atoms with E-state index < -0.39 is 0 Å². The molecule has 0 aliphatic rings. The predicted molar refractivity (Wildman–Crippen MR) is 113 cm³/mol. The van der Waals surface area contributed by atoms with Crippen molar-refractivity contribution in [2.45, 2.75) is 13.8 Å². The Kier molecular flexibility index (Phi) is 8.02. The molecule has 0 radical (unpaired) electrons. The summed E-state index contributed by atoms with van der Waals surface area (Å²) in [5, 5.41) is 6.77. The number of hydrogen-bond donors (Lipinski definition) is 2. The topological polar surface area (TPSA) is 92.3 Å². The van der Waals surface area contributed by atoms with Crippen LogP contribution in [0, 0.1) is 0 Å². The highest BCUT2D eigenvalue weighted by Crippen LogP contribution is 2.26. The Morgan fingerprint density at radius 3 is 2.24 bits per heavy atom. The molecule has 0 spiro atoms. The highest BCUT2D eigenvalue weighted by atomic mass is 16.5. The van der Waals surface area contributed by atoms with Crippen molar-refractivity contribution >= 4 is 23.8 Å². The number of benzene rings is 2. The van der Waals surface area contributed by atoms with Crippen molar-refractivity contribution in [2.24, 2.45) is 5.10 Å². The number of urea groups is 1. The van der Waals surface area contributed by atoms with Gasteiger partial charge in [0.15, 0.2) is 11.5 Å². The highest BCUT2D eigenvalue weighted by Gasteiger charge is 2.10. The molecular weight excluding hydrogens is 372 g/mol. The fourth-order valence-electron chi connectivity index (χ4n) is 2.58. The minimum absolute atomic E-state index is 0.174. The minimum Gasteiger partial charge on any atom is -0.493 e. The lowest BCUT2D eigenvalue weighted by Crippen LogP contribution is -2.34. The SMILES string of the molecule is CCN(CC)C(=O)Nc1ccc(C(=O)N/N=C\c2ccc(OC)c(OC)c2)cc1. The molecule has 2 N–H and O–H groups in total. The smallest absolute Gasteiger partial charge is 0.321 e. The van der Waals surface area contributed by atoms with Crippen molar-refractivity contribution < 1.29 is 19.1 Å². The Balaban J connectivity index is 1.95. The first-order valence-electron chi connectivity index (χ1n) is 9.23. The van der Waals surface area contributed by atoms with E-state index in [0.29, 0.717) is 35.8 Å². The van der Waals surface area contributed by atoms with Crippen LogP contribution in [0.15, 0.2) is 47.6 Å². The molecule has 8 nitrogen and oxygen atoms in total. The highest BCUT2D eigenvalue weighted by molar-refractivity contribution is 5.96. The van der Waals surface area contributed by atoms with Crippen molar-refractivity contribution in [3.8, 4) is 11.5 Å². The average Bonchev–Trinajstić information content (AvgIpc) is 2.74. The number of ether oxygens (including phenoxy) is 2. The Morgan fingerprint density at radius 1 is 1.00 bits per heavy atom. The van der Waals surface area contributed by atoms with Gasteiger partial charge < -0.3 is 19.7 Å². The van der Waals surface area contributed by atoms with Crippen LogP contribution in [0.4, 0.5) is 10.5 Å². The van der Waals surface area contributed by atoms with Gasteiger partial charge in [0.05, 0.1) is 20.4 Å². The molecule has 2 rings (SSSR count). The molecule has 2 aromatic rings. The van der Waals surface area contributed by atoms with E-state index >= 15 is 0 Å². The van der Waals surface area contributed by atoms with Crippen molar-refractivity contribution in [3.05, 3.63) is 53.6 Å². The Labute approximate surface area is 170 Å². The number of nitrogens with one attached hydrogen (secondary N) is 2. The number of hydrogen-bond acceptors (Lipinski definition) is 5. The molecule has 154 valence electrons. The summed E-state index contributed by atoms with van der Waals surface area (Å²) in [6, 6.07) is 11.7. The van der Waals surface area contributed by atoms with E-state index in [1.165, 1.54) is 6.21 Å². The van der Waals surface area contributed by atoms with Crippen molar-refractivity contribution in [2.75, 3.05) is 32.6 Å². The molecule has 0 bridgehead atoms. The number of methoxy groups -OCH3 is 2. The molecule has 0 heterocycles. The van der Waals surface area contributed by atoms with E-state index in [-0.39, 0.29) is 11.9 Å². The Hall–Kier alpha value is -3.55. The van der Waals surface area contributed by atoms with Crippen LogP contribution in [-0.4, -0.2) is 50.4 Å². The number of rotatable bonds is 8. The summed E-state index contributed by atoms with van der Waals surface area (Å²) in [7, 11) is 3.11. The van der Waals surface area contributed by atoms with Crippen LogP contribution >= 0.6 is 0 Å². The molecule has 0 fully saturated rings.